The van der Waals surface area contributed by atoms with Gasteiger partial charge in [-0.3, -0.25) is 0 Å². The number of benzene rings is 1. The molecule has 0 atom stereocenters. The molecule has 1 aromatic carbocycles. The molecule has 0 aliphatic rings. The van der Waals surface area contributed by atoms with Crippen LogP contribution in [0.5, 0.6) is 11.6 Å². The van der Waals surface area contributed by atoms with Crippen LogP contribution >= 0.6 is 15.9 Å². The normalized spacial score (nSPS) is 11.4. The number of nitrogens with two attached hydrogens (primary N) is 1. The van der Waals surface area contributed by atoms with Gasteiger partial charge in [0.1, 0.15) is 5.75 Å². The first-order valence-electron chi connectivity index (χ1n) is 5.35. The highest BCUT2D eigenvalue weighted by atomic mass is 79.9. The first-order chi connectivity index (χ1) is 9.11. The maximum absolute atomic E-state index is 8.72. The maximum atomic E-state index is 8.72. The second kappa shape index (κ2) is 5.66. The maximum Gasteiger partial charge on any atom is 0.250 e. The molecule has 0 fully saturated rings. The minimum atomic E-state index is -0.0897. The lowest BCUT2D eigenvalue weighted by molar-refractivity contribution is 0.318. The summed E-state index contributed by atoms with van der Waals surface area (Å²) in [6, 6.07) is 7.16. The summed E-state index contributed by atoms with van der Waals surface area (Å²) in [4.78, 5) is 0. The molecule has 0 aliphatic carbocycles. The van der Waals surface area contributed by atoms with Crippen LogP contribution in [-0.2, 0) is 0 Å². The number of nitrogens with zero attached hydrogens (tertiary/aromatic N) is 3. The molecule has 1 aromatic heterocycles. The summed E-state index contributed by atoms with van der Waals surface area (Å²) in [5.41, 5.74) is 7.01. The van der Waals surface area contributed by atoms with Crippen LogP contribution in [0, 0.1) is 6.92 Å². The van der Waals surface area contributed by atoms with Crippen molar-refractivity contribution in [2.24, 2.45) is 10.9 Å². The lowest BCUT2D eigenvalue weighted by Crippen LogP contribution is -2.15. The van der Waals surface area contributed by atoms with Crippen LogP contribution in [0.4, 0.5) is 0 Å². The number of hydrogen-bond donors (Lipinski definition) is 2. The molecular weight excluding hydrogens is 312 g/mol. The summed E-state index contributed by atoms with van der Waals surface area (Å²) in [6.45, 7) is 1.97. The molecule has 19 heavy (non-hydrogen) atoms. The van der Waals surface area contributed by atoms with Gasteiger partial charge in [0, 0.05) is 0 Å². The highest BCUT2D eigenvalue weighted by Crippen LogP contribution is 2.30. The van der Waals surface area contributed by atoms with E-state index >= 15 is 0 Å². The van der Waals surface area contributed by atoms with Crippen LogP contribution in [0.2, 0.25) is 0 Å². The van der Waals surface area contributed by atoms with E-state index in [0.717, 1.165) is 10.0 Å². The number of rotatable bonds is 3. The Morgan fingerprint density at radius 1 is 1.42 bits per heavy atom. The average molecular weight is 323 g/mol. The number of oxime groups is 1. The summed E-state index contributed by atoms with van der Waals surface area (Å²) in [7, 11) is 0. The van der Waals surface area contributed by atoms with Crippen LogP contribution in [0.1, 0.15) is 11.1 Å². The highest BCUT2D eigenvalue weighted by molar-refractivity contribution is 9.10. The van der Waals surface area contributed by atoms with Gasteiger partial charge in [0.05, 0.1) is 16.2 Å². The van der Waals surface area contributed by atoms with E-state index in [-0.39, 0.29) is 11.7 Å². The number of aryl methyl sites for hydroxylation is 1. The first kappa shape index (κ1) is 13.3. The van der Waals surface area contributed by atoms with Crippen LogP contribution in [-0.4, -0.2) is 21.2 Å². The topological polar surface area (TPSA) is 93.6 Å². The average Bonchev–Trinajstić information content (AvgIpc) is 2.41. The molecule has 0 aliphatic heterocycles. The first-order valence-corrected chi connectivity index (χ1v) is 6.14. The van der Waals surface area contributed by atoms with Gasteiger partial charge in [-0.1, -0.05) is 11.2 Å². The van der Waals surface area contributed by atoms with Crippen LogP contribution in [0.15, 0.2) is 40.1 Å². The van der Waals surface area contributed by atoms with Crippen LogP contribution < -0.4 is 10.5 Å². The van der Waals surface area contributed by atoms with Gasteiger partial charge >= 0.3 is 0 Å². The van der Waals surface area contributed by atoms with Gasteiger partial charge in [-0.05, 0) is 46.6 Å². The van der Waals surface area contributed by atoms with Crippen LogP contribution in [0.3, 0.4) is 0 Å². The van der Waals surface area contributed by atoms with E-state index < -0.39 is 0 Å². The summed E-state index contributed by atoms with van der Waals surface area (Å²) in [6.07, 6.45) is 1.43. The molecule has 3 N–H and O–H groups in total. The quantitative estimate of drug-likeness (QED) is 0.392. The van der Waals surface area contributed by atoms with Gasteiger partial charge in [-0.2, -0.15) is 5.10 Å². The fourth-order valence-corrected chi connectivity index (χ4v) is 2.01. The molecule has 7 heteroatoms. The molecular formula is C12H11BrN4O2. The molecule has 0 spiro atoms. The van der Waals surface area contributed by atoms with E-state index in [2.05, 4.69) is 31.3 Å². The summed E-state index contributed by atoms with van der Waals surface area (Å²) in [5, 5.41) is 19.2. The van der Waals surface area contributed by atoms with Gasteiger partial charge in [0.15, 0.2) is 5.84 Å². The molecule has 0 bridgehead atoms. The molecule has 0 radical (unpaired) electrons. The minimum absolute atomic E-state index is 0.0897. The van der Waals surface area contributed by atoms with E-state index in [1.165, 1.54) is 6.20 Å². The third-order valence-electron chi connectivity index (χ3n) is 2.36. The predicted octanol–water partition coefficient (Wildman–Crippen LogP) is 2.43. The van der Waals surface area contributed by atoms with Crippen molar-refractivity contribution in [2.75, 3.05) is 0 Å². The molecule has 98 valence electrons. The molecule has 0 amide bonds. The fourth-order valence-electron chi connectivity index (χ4n) is 1.44. The Kier molecular flexibility index (Phi) is 3.96. The SMILES string of the molecule is Cc1ccc(Oc2nnccc2/C(N)=N/O)c(Br)c1. The zero-order valence-corrected chi connectivity index (χ0v) is 11.6. The van der Waals surface area contributed by atoms with Crippen molar-refractivity contribution >= 4 is 21.8 Å². The monoisotopic (exact) mass is 322 g/mol. The van der Waals surface area contributed by atoms with Crippen molar-refractivity contribution in [3.63, 3.8) is 0 Å². The zero-order valence-electron chi connectivity index (χ0n) is 10.0. The van der Waals surface area contributed by atoms with E-state index in [9.17, 15) is 0 Å². The Morgan fingerprint density at radius 3 is 2.89 bits per heavy atom. The van der Waals surface area contributed by atoms with Gasteiger partial charge in [0.2, 0.25) is 5.88 Å². The third-order valence-corrected chi connectivity index (χ3v) is 2.98. The lowest BCUT2D eigenvalue weighted by atomic mass is 10.2. The van der Waals surface area contributed by atoms with Crippen molar-refractivity contribution in [2.45, 2.75) is 6.92 Å². The Morgan fingerprint density at radius 2 is 2.21 bits per heavy atom. The Bertz CT molecular complexity index is 631. The van der Waals surface area contributed by atoms with Crippen molar-refractivity contribution in [1.82, 2.24) is 10.2 Å². The van der Waals surface area contributed by atoms with Crippen molar-refractivity contribution in [1.29, 1.82) is 0 Å². The van der Waals surface area contributed by atoms with Gasteiger partial charge in [0.25, 0.3) is 0 Å². The Balaban J connectivity index is 2.38. The fraction of sp³-hybridized carbons (Fsp3) is 0.0833. The molecule has 0 saturated carbocycles. The lowest BCUT2D eigenvalue weighted by Gasteiger charge is -2.09. The van der Waals surface area contributed by atoms with Crippen LogP contribution in [0.25, 0.3) is 0 Å². The van der Waals surface area contributed by atoms with Gasteiger partial charge < -0.3 is 15.7 Å². The second-order valence-corrected chi connectivity index (χ2v) is 4.63. The predicted molar refractivity (Wildman–Crippen MR) is 73.5 cm³/mol. The van der Waals surface area contributed by atoms with E-state index in [1.54, 1.807) is 12.1 Å². The highest BCUT2D eigenvalue weighted by Gasteiger charge is 2.12. The molecule has 0 unspecified atom stereocenters. The minimum Gasteiger partial charge on any atom is -0.436 e. The standard InChI is InChI=1S/C12H11BrN4O2/c1-7-2-3-10(9(13)6-7)19-12-8(11(14)17-18)4-5-15-16-12/h2-6,18H,1H3,(H2,14,17). The molecule has 2 aromatic rings. The molecule has 2 rings (SSSR count). The smallest absolute Gasteiger partial charge is 0.250 e. The molecule has 1 heterocycles. The van der Waals surface area contributed by atoms with E-state index in [4.69, 9.17) is 15.7 Å². The second-order valence-electron chi connectivity index (χ2n) is 3.77. The number of aromatic nitrogens is 2. The number of halogens is 1. The van der Waals surface area contributed by atoms with Gasteiger partial charge in [-0.25, -0.2) is 0 Å². The summed E-state index contributed by atoms with van der Waals surface area (Å²) < 4.78 is 6.41. The number of ether oxygens (including phenoxy) is 1. The largest absolute Gasteiger partial charge is 0.436 e. The zero-order chi connectivity index (χ0) is 13.8. The van der Waals surface area contributed by atoms with Crippen molar-refractivity contribution < 1.29 is 9.94 Å². The molecule has 0 saturated heterocycles. The van der Waals surface area contributed by atoms with Crippen molar-refractivity contribution in [3.8, 4) is 11.6 Å². The summed E-state index contributed by atoms with van der Waals surface area (Å²) in [5.74, 6) is 0.647. The molecule has 6 nitrogen and oxygen atoms in total. The van der Waals surface area contributed by atoms with E-state index in [1.807, 2.05) is 19.1 Å². The van der Waals surface area contributed by atoms with Crippen molar-refractivity contribution in [3.05, 3.63) is 46.1 Å². The number of hydrogen-bond acceptors (Lipinski definition) is 5. The Hall–Kier alpha value is -2.15. The Labute approximate surface area is 118 Å². The summed E-state index contributed by atoms with van der Waals surface area (Å²) >= 11 is 3.40. The number of amidine groups is 1. The van der Waals surface area contributed by atoms with E-state index in [0.29, 0.717) is 11.3 Å². The van der Waals surface area contributed by atoms with Gasteiger partial charge in [-0.15, -0.1) is 5.10 Å². The third kappa shape index (κ3) is 3.00.